The van der Waals surface area contributed by atoms with E-state index in [0.29, 0.717) is 0 Å². The van der Waals surface area contributed by atoms with Gasteiger partial charge < -0.3 is 5.11 Å². The maximum atomic E-state index is 9.85. The molecule has 5 nitrogen and oxygen atoms in total. The molecule has 0 atom stereocenters. The van der Waals surface area contributed by atoms with E-state index < -0.39 is 5.97 Å². The lowest BCUT2D eigenvalue weighted by atomic mass is 10.4. The summed E-state index contributed by atoms with van der Waals surface area (Å²) in [7, 11) is 1.43. The Balaban J connectivity index is 3.26. The number of carbonyl (C=O) groups is 1. The van der Waals surface area contributed by atoms with E-state index in [1.165, 1.54) is 7.05 Å². The minimum Gasteiger partial charge on any atom is -0.481 e. The Morgan fingerprint density at radius 3 is 2.67 bits per heavy atom. The SMILES string of the molecule is CN(CCC(=O)O)N=O. The largest absolute Gasteiger partial charge is 0.481 e. The van der Waals surface area contributed by atoms with Crippen molar-refractivity contribution in [1.29, 1.82) is 0 Å². The van der Waals surface area contributed by atoms with Crippen LogP contribution in [0.5, 0.6) is 0 Å². The average molecular weight is 132 g/mol. The molecular weight excluding hydrogens is 124 g/mol. The fourth-order valence-electron chi connectivity index (χ4n) is 0.298. The zero-order valence-electron chi connectivity index (χ0n) is 5.07. The van der Waals surface area contributed by atoms with Crippen LogP contribution in [-0.4, -0.2) is 29.7 Å². The van der Waals surface area contributed by atoms with Crippen molar-refractivity contribution in [3.8, 4) is 0 Å². The molecule has 0 aromatic carbocycles. The number of hydrogen-bond donors (Lipinski definition) is 1. The van der Waals surface area contributed by atoms with Crippen molar-refractivity contribution >= 4 is 5.97 Å². The second-order valence-corrected chi connectivity index (χ2v) is 1.61. The maximum absolute atomic E-state index is 9.85. The van der Waals surface area contributed by atoms with Gasteiger partial charge in [-0.25, -0.2) is 0 Å². The molecule has 0 aliphatic carbocycles. The number of carboxylic acid groups (broad SMARTS) is 1. The van der Waals surface area contributed by atoms with Gasteiger partial charge in [0.2, 0.25) is 0 Å². The Hall–Kier alpha value is -1.13. The number of hydrogen-bond acceptors (Lipinski definition) is 3. The third-order valence-electron chi connectivity index (χ3n) is 0.789. The van der Waals surface area contributed by atoms with Gasteiger partial charge in [0.05, 0.1) is 11.7 Å². The highest BCUT2D eigenvalue weighted by Crippen LogP contribution is 1.85. The van der Waals surface area contributed by atoms with E-state index in [1.54, 1.807) is 0 Å². The molecule has 0 spiro atoms. The summed E-state index contributed by atoms with van der Waals surface area (Å²) >= 11 is 0. The first kappa shape index (κ1) is 7.87. The van der Waals surface area contributed by atoms with Crippen molar-refractivity contribution in [3.63, 3.8) is 0 Å². The van der Waals surface area contributed by atoms with Gasteiger partial charge in [0.1, 0.15) is 0 Å². The van der Waals surface area contributed by atoms with Gasteiger partial charge in [0.25, 0.3) is 0 Å². The van der Waals surface area contributed by atoms with Crippen LogP contribution in [0.4, 0.5) is 0 Å². The van der Waals surface area contributed by atoms with E-state index in [0.717, 1.165) is 5.01 Å². The first-order valence-electron chi connectivity index (χ1n) is 2.43. The normalized spacial score (nSPS) is 8.56. The lowest BCUT2D eigenvalue weighted by Gasteiger charge is -2.03. The van der Waals surface area contributed by atoms with Crippen molar-refractivity contribution < 1.29 is 9.90 Å². The summed E-state index contributed by atoms with van der Waals surface area (Å²) in [6.07, 6.45) is -0.0533. The molecule has 0 fully saturated rings. The fraction of sp³-hybridized carbons (Fsp3) is 0.750. The predicted molar refractivity (Wildman–Crippen MR) is 30.7 cm³/mol. The highest BCUT2D eigenvalue weighted by Gasteiger charge is 1.98. The van der Waals surface area contributed by atoms with Crippen LogP contribution in [0.25, 0.3) is 0 Å². The van der Waals surface area contributed by atoms with Crippen LogP contribution in [0.3, 0.4) is 0 Å². The van der Waals surface area contributed by atoms with E-state index >= 15 is 0 Å². The summed E-state index contributed by atoms with van der Waals surface area (Å²) in [5.41, 5.74) is 0. The summed E-state index contributed by atoms with van der Waals surface area (Å²) in [6.45, 7) is 0.166. The number of nitrogens with zero attached hydrogens (tertiary/aromatic N) is 2. The van der Waals surface area contributed by atoms with Crippen LogP contribution < -0.4 is 0 Å². The van der Waals surface area contributed by atoms with Gasteiger partial charge in [-0.2, -0.15) is 0 Å². The molecule has 0 heterocycles. The molecule has 0 aliphatic rings. The molecule has 0 rings (SSSR count). The maximum Gasteiger partial charge on any atom is 0.305 e. The topological polar surface area (TPSA) is 70.0 Å². The molecule has 0 aromatic heterocycles. The second-order valence-electron chi connectivity index (χ2n) is 1.61. The molecule has 0 radical (unpaired) electrons. The quantitative estimate of drug-likeness (QED) is 0.434. The number of nitroso groups, excluding NO2 is 1. The van der Waals surface area contributed by atoms with Crippen molar-refractivity contribution in [2.45, 2.75) is 6.42 Å². The molecule has 0 saturated carbocycles. The lowest BCUT2D eigenvalue weighted by molar-refractivity contribution is -0.137. The second kappa shape index (κ2) is 3.82. The molecule has 52 valence electrons. The van der Waals surface area contributed by atoms with Crippen LogP contribution in [0.1, 0.15) is 6.42 Å². The Morgan fingerprint density at radius 1 is 1.78 bits per heavy atom. The fourth-order valence-corrected chi connectivity index (χ4v) is 0.298. The van der Waals surface area contributed by atoms with Gasteiger partial charge in [-0.1, -0.05) is 0 Å². The minimum absolute atomic E-state index is 0.0533. The molecule has 0 aliphatic heterocycles. The molecular formula is C4H8N2O3. The number of aliphatic carboxylic acids is 1. The van der Waals surface area contributed by atoms with Gasteiger partial charge in [-0.15, -0.1) is 4.91 Å². The molecule has 1 N–H and O–H groups in total. The van der Waals surface area contributed by atoms with Crippen LogP contribution >= 0.6 is 0 Å². The first-order valence-corrected chi connectivity index (χ1v) is 2.43. The third kappa shape index (κ3) is 4.73. The summed E-state index contributed by atoms with van der Waals surface area (Å²) in [4.78, 5) is 19.4. The zero-order valence-corrected chi connectivity index (χ0v) is 5.07. The molecule has 0 amide bonds. The van der Waals surface area contributed by atoms with Crippen molar-refractivity contribution in [2.24, 2.45) is 5.29 Å². The summed E-state index contributed by atoms with van der Waals surface area (Å²) in [6, 6.07) is 0. The molecule has 0 saturated heterocycles. The highest BCUT2D eigenvalue weighted by molar-refractivity contribution is 5.66. The number of carboxylic acids is 1. The van der Waals surface area contributed by atoms with E-state index in [1.807, 2.05) is 0 Å². The van der Waals surface area contributed by atoms with Crippen molar-refractivity contribution in [3.05, 3.63) is 4.91 Å². The Morgan fingerprint density at radius 2 is 2.33 bits per heavy atom. The Labute approximate surface area is 52.2 Å². The lowest BCUT2D eigenvalue weighted by Crippen LogP contribution is -2.14. The predicted octanol–water partition coefficient (Wildman–Crippen LogP) is 0.0743. The summed E-state index contributed by atoms with van der Waals surface area (Å²) in [5, 5.41) is 11.6. The average Bonchev–Trinajstić information content (AvgIpc) is 1.83. The standard InChI is InChI=1S/C4H8N2O3/c1-6(5-9)3-2-4(7)8/h2-3H2,1H3,(H,7,8). The summed E-state index contributed by atoms with van der Waals surface area (Å²) in [5.74, 6) is -0.925. The van der Waals surface area contributed by atoms with Crippen LogP contribution in [0, 0.1) is 4.91 Å². The minimum atomic E-state index is -0.925. The van der Waals surface area contributed by atoms with Gasteiger partial charge in [0.15, 0.2) is 0 Å². The van der Waals surface area contributed by atoms with E-state index in [2.05, 4.69) is 5.29 Å². The van der Waals surface area contributed by atoms with Gasteiger partial charge >= 0.3 is 5.97 Å². The monoisotopic (exact) mass is 132 g/mol. The van der Waals surface area contributed by atoms with E-state index in [9.17, 15) is 9.70 Å². The Kier molecular flexibility index (Phi) is 3.34. The van der Waals surface area contributed by atoms with Crippen LogP contribution in [0.2, 0.25) is 0 Å². The van der Waals surface area contributed by atoms with Crippen LogP contribution in [0.15, 0.2) is 5.29 Å². The van der Waals surface area contributed by atoms with Crippen molar-refractivity contribution in [1.82, 2.24) is 5.01 Å². The van der Waals surface area contributed by atoms with Gasteiger partial charge in [-0.3, -0.25) is 9.80 Å². The number of rotatable bonds is 4. The molecule has 0 bridgehead atoms. The van der Waals surface area contributed by atoms with E-state index in [4.69, 9.17) is 5.11 Å². The highest BCUT2D eigenvalue weighted by atomic mass is 16.4. The zero-order chi connectivity index (χ0) is 7.28. The third-order valence-corrected chi connectivity index (χ3v) is 0.789. The van der Waals surface area contributed by atoms with Gasteiger partial charge in [-0.05, 0) is 0 Å². The van der Waals surface area contributed by atoms with Crippen molar-refractivity contribution in [2.75, 3.05) is 13.6 Å². The Bertz CT molecular complexity index is 114. The van der Waals surface area contributed by atoms with E-state index in [-0.39, 0.29) is 13.0 Å². The summed E-state index contributed by atoms with van der Waals surface area (Å²) < 4.78 is 0. The van der Waals surface area contributed by atoms with Gasteiger partial charge in [0, 0.05) is 13.6 Å². The first-order chi connectivity index (χ1) is 4.16. The molecule has 9 heavy (non-hydrogen) atoms. The molecule has 0 aromatic rings. The smallest absolute Gasteiger partial charge is 0.305 e. The molecule has 0 unspecified atom stereocenters. The molecule has 5 heteroatoms. The van der Waals surface area contributed by atoms with Crippen LogP contribution in [-0.2, 0) is 4.79 Å².